The summed E-state index contributed by atoms with van der Waals surface area (Å²) < 4.78 is 32.4. The third-order valence-corrected chi connectivity index (χ3v) is 6.65. The highest BCUT2D eigenvalue weighted by Crippen LogP contribution is 2.23. The average Bonchev–Trinajstić information content (AvgIpc) is 3.31. The average molecular weight is 462 g/mol. The zero-order valence-corrected chi connectivity index (χ0v) is 19.3. The summed E-state index contributed by atoms with van der Waals surface area (Å²) in [6.45, 7) is 4.42. The van der Waals surface area contributed by atoms with Gasteiger partial charge in [0.05, 0.1) is 11.9 Å². The molecule has 0 saturated heterocycles. The first-order valence-corrected chi connectivity index (χ1v) is 12.1. The number of nitrogens with zero attached hydrogens (tertiary/aromatic N) is 3. The van der Waals surface area contributed by atoms with E-state index in [0.717, 1.165) is 21.4 Å². The van der Waals surface area contributed by atoms with Gasteiger partial charge < -0.3 is 4.74 Å². The number of rotatable bonds is 8. The third-order valence-electron chi connectivity index (χ3n) is 4.76. The third kappa shape index (κ3) is 5.02. The highest BCUT2D eigenvalue weighted by Gasteiger charge is 2.24. The van der Waals surface area contributed by atoms with Crippen LogP contribution in [0.15, 0.2) is 41.9 Å². The van der Waals surface area contributed by atoms with Crippen LogP contribution < -0.4 is 4.31 Å². The molecule has 0 fully saturated rings. The summed E-state index contributed by atoms with van der Waals surface area (Å²) in [6, 6.07) is 8.55. The molecule has 3 aromatic rings. The number of carbonyl (C=O) groups is 2. The number of esters is 1. The van der Waals surface area contributed by atoms with Crippen LogP contribution in [0.5, 0.6) is 0 Å². The van der Waals surface area contributed by atoms with E-state index in [4.69, 9.17) is 4.74 Å². The van der Waals surface area contributed by atoms with E-state index in [1.807, 2.05) is 16.9 Å². The first-order chi connectivity index (χ1) is 14.6. The van der Waals surface area contributed by atoms with Crippen LogP contribution in [0.3, 0.4) is 0 Å². The number of aryl methyl sites for hydroxylation is 2. The summed E-state index contributed by atoms with van der Waals surface area (Å²) in [5, 5.41) is 2.59. The monoisotopic (exact) mass is 461 g/mol. The fourth-order valence-electron chi connectivity index (χ4n) is 3.28. The number of hydrogen-bond donors (Lipinski definition) is 0. The Kier molecular flexibility index (Phi) is 6.61. The Morgan fingerprint density at radius 1 is 1.19 bits per heavy atom. The Morgan fingerprint density at radius 3 is 2.52 bits per heavy atom. The molecule has 2 heterocycles. The van der Waals surface area contributed by atoms with Crippen molar-refractivity contribution in [1.82, 2.24) is 9.55 Å². The SMILES string of the molecule is Cc1ccccc1N(CC(=O)OCC(=O)c1cc(C)n(-c2nccs2)c1C)S(C)(=O)=O. The quantitative estimate of drug-likeness (QED) is 0.378. The Hall–Kier alpha value is -2.98. The molecule has 3 rings (SSSR count). The van der Waals surface area contributed by atoms with Gasteiger partial charge in [-0.05, 0) is 38.5 Å². The van der Waals surface area contributed by atoms with Gasteiger partial charge in [0.2, 0.25) is 15.8 Å². The van der Waals surface area contributed by atoms with Gasteiger partial charge in [0.25, 0.3) is 0 Å². The fourth-order valence-corrected chi connectivity index (χ4v) is 4.93. The molecule has 0 aliphatic carbocycles. The molecule has 8 nitrogen and oxygen atoms in total. The first kappa shape index (κ1) is 22.7. The number of ether oxygens (including phenoxy) is 1. The molecule has 0 atom stereocenters. The van der Waals surface area contributed by atoms with Gasteiger partial charge in [-0.15, -0.1) is 11.3 Å². The van der Waals surface area contributed by atoms with Gasteiger partial charge >= 0.3 is 5.97 Å². The van der Waals surface area contributed by atoms with Crippen molar-refractivity contribution in [2.24, 2.45) is 0 Å². The number of ketones is 1. The van der Waals surface area contributed by atoms with Gasteiger partial charge in [-0.3, -0.25) is 18.5 Å². The Morgan fingerprint density at radius 2 is 1.90 bits per heavy atom. The number of benzene rings is 1. The molecule has 10 heteroatoms. The van der Waals surface area contributed by atoms with Crippen molar-refractivity contribution in [2.45, 2.75) is 20.8 Å². The van der Waals surface area contributed by atoms with E-state index in [1.54, 1.807) is 50.4 Å². The number of hydrogen-bond acceptors (Lipinski definition) is 7. The number of thiazole rings is 1. The molecule has 0 N–H and O–H groups in total. The minimum absolute atomic E-state index is 0.369. The number of carbonyl (C=O) groups excluding carboxylic acids is 2. The van der Waals surface area contributed by atoms with Crippen molar-refractivity contribution in [1.29, 1.82) is 0 Å². The highest BCUT2D eigenvalue weighted by molar-refractivity contribution is 7.92. The van der Waals surface area contributed by atoms with Crippen LogP contribution in [0.25, 0.3) is 5.13 Å². The lowest BCUT2D eigenvalue weighted by Gasteiger charge is -2.23. The van der Waals surface area contributed by atoms with E-state index in [-0.39, 0.29) is 5.78 Å². The molecule has 0 unspecified atom stereocenters. The summed E-state index contributed by atoms with van der Waals surface area (Å²) in [5.74, 6) is -1.18. The number of aromatic nitrogens is 2. The zero-order valence-electron chi connectivity index (χ0n) is 17.7. The Bertz CT molecular complexity index is 1210. The van der Waals surface area contributed by atoms with Crippen LogP contribution >= 0.6 is 11.3 Å². The smallest absolute Gasteiger partial charge is 0.327 e. The van der Waals surface area contributed by atoms with Gasteiger partial charge in [0.15, 0.2) is 11.7 Å². The van der Waals surface area contributed by atoms with Crippen molar-refractivity contribution >= 4 is 38.8 Å². The lowest BCUT2D eigenvalue weighted by molar-refractivity contribution is -0.140. The van der Waals surface area contributed by atoms with Gasteiger partial charge in [-0.25, -0.2) is 13.4 Å². The molecule has 0 spiro atoms. The lowest BCUT2D eigenvalue weighted by Crippen LogP contribution is -2.36. The van der Waals surface area contributed by atoms with Gasteiger partial charge in [0, 0.05) is 28.5 Å². The first-order valence-electron chi connectivity index (χ1n) is 9.40. The standard InChI is InChI=1S/C21H23N3O5S2/c1-14-7-5-6-8-18(14)23(31(4,27)28)12-20(26)29-13-19(25)17-11-15(2)24(16(17)3)21-22-9-10-30-21/h5-11H,12-13H2,1-4H3. The van der Waals surface area contributed by atoms with Gasteiger partial charge in [-0.1, -0.05) is 18.2 Å². The van der Waals surface area contributed by atoms with E-state index in [9.17, 15) is 18.0 Å². The largest absolute Gasteiger partial charge is 0.456 e. The van der Waals surface area contributed by atoms with Crippen molar-refractivity contribution in [3.05, 3.63) is 64.4 Å². The van der Waals surface area contributed by atoms with Crippen molar-refractivity contribution < 1.29 is 22.7 Å². The summed E-state index contributed by atoms with van der Waals surface area (Å²) >= 11 is 1.45. The minimum Gasteiger partial charge on any atom is -0.456 e. The second-order valence-corrected chi connectivity index (χ2v) is 9.85. The topological polar surface area (TPSA) is 98.6 Å². The normalized spacial score (nSPS) is 11.4. The maximum Gasteiger partial charge on any atom is 0.327 e. The minimum atomic E-state index is -3.72. The summed E-state index contributed by atoms with van der Waals surface area (Å²) in [4.78, 5) is 29.3. The van der Waals surface area contributed by atoms with Crippen LogP contribution in [0, 0.1) is 20.8 Å². The molecular weight excluding hydrogens is 438 g/mol. The molecule has 0 radical (unpaired) electrons. The molecule has 0 amide bonds. The number of sulfonamides is 1. The van der Waals surface area contributed by atoms with Crippen LogP contribution in [-0.4, -0.2) is 49.1 Å². The molecule has 0 saturated carbocycles. The molecule has 164 valence electrons. The molecule has 0 aliphatic rings. The molecule has 31 heavy (non-hydrogen) atoms. The molecule has 2 aromatic heterocycles. The van der Waals surface area contributed by atoms with E-state index < -0.39 is 29.1 Å². The summed E-state index contributed by atoms with van der Waals surface area (Å²) in [5.41, 5.74) is 3.06. The predicted octanol–water partition coefficient (Wildman–Crippen LogP) is 3.05. The molecule has 0 aliphatic heterocycles. The van der Waals surface area contributed by atoms with Crippen molar-refractivity contribution in [2.75, 3.05) is 23.7 Å². The van der Waals surface area contributed by atoms with Crippen LogP contribution in [0.4, 0.5) is 5.69 Å². The second kappa shape index (κ2) is 9.03. The number of Topliss-reactive ketones (excluding diaryl/α,β-unsaturated/α-hetero) is 1. The van der Waals surface area contributed by atoms with E-state index in [1.165, 1.54) is 11.3 Å². The highest BCUT2D eigenvalue weighted by atomic mass is 32.2. The second-order valence-electron chi connectivity index (χ2n) is 7.07. The molecular formula is C21H23N3O5S2. The predicted molar refractivity (Wildman–Crippen MR) is 120 cm³/mol. The Balaban J connectivity index is 1.71. The van der Waals surface area contributed by atoms with Crippen molar-refractivity contribution in [3.8, 4) is 5.13 Å². The van der Waals surface area contributed by atoms with Gasteiger partial charge in [0.1, 0.15) is 6.54 Å². The summed E-state index contributed by atoms with van der Waals surface area (Å²) in [7, 11) is -3.72. The van der Waals surface area contributed by atoms with Crippen LogP contribution in [-0.2, 0) is 19.6 Å². The maximum absolute atomic E-state index is 12.7. The van der Waals surface area contributed by atoms with E-state index in [0.29, 0.717) is 22.5 Å². The fraction of sp³-hybridized carbons (Fsp3) is 0.286. The van der Waals surface area contributed by atoms with Gasteiger partial charge in [-0.2, -0.15) is 0 Å². The van der Waals surface area contributed by atoms with Crippen LogP contribution in [0.1, 0.15) is 27.3 Å². The lowest BCUT2D eigenvalue weighted by atomic mass is 10.1. The molecule has 0 bridgehead atoms. The number of anilines is 1. The number of para-hydroxylation sites is 1. The Labute approximate surface area is 185 Å². The van der Waals surface area contributed by atoms with Crippen LogP contribution in [0.2, 0.25) is 0 Å². The van der Waals surface area contributed by atoms with E-state index >= 15 is 0 Å². The van der Waals surface area contributed by atoms with E-state index in [2.05, 4.69) is 4.98 Å². The van der Waals surface area contributed by atoms with Crippen molar-refractivity contribution in [3.63, 3.8) is 0 Å². The molecule has 1 aromatic carbocycles. The maximum atomic E-state index is 12.7. The summed E-state index contributed by atoms with van der Waals surface area (Å²) in [6.07, 6.45) is 2.70. The zero-order chi connectivity index (χ0) is 22.8.